The van der Waals surface area contributed by atoms with Crippen molar-refractivity contribution in [3.8, 4) is 0 Å². The molecule has 15 heavy (non-hydrogen) atoms. The fraction of sp³-hybridized carbons (Fsp3) is 0.200. The summed E-state index contributed by atoms with van der Waals surface area (Å²) in [6.45, 7) is 0. The van der Waals surface area contributed by atoms with Gasteiger partial charge in [0.1, 0.15) is 6.29 Å². The molecule has 2 rings (SSSR count). The van der Waals surface area contributed by atoms with E-state index in [2.05, 4.69) is 0 Å². The maximum Gasteiger partial charge on any atom is 0.419 e. The van der Waals surface area contributed by atoms with Gasteiger partial charge in [-0.3, -0.25) is 4.57 Å². The number of hydrogen-bond donors (Lipinski definition) is 1. The second kappa shape index (κ2) is 3.36. The van der Waals surface area contributed by atoms with Gasteiger partial charge < -0.3 is 14.9 Å². The van der Waals surface area contributed by atoms with Crippen LogP contribution in [-0.4, -0.2) is 10.9 Å². The quantitative estimate of drug-likeness (QED) is 0.718. The van der Waals surface area contributed by atoms with Crippen molar-refractivity contribution in [3.05, 3.63) is 34.3 Å². The number of carbonyl (C=O) groups is 1. The van der Waals surface area contributed by atoms with Crippen LogP contribution in [0.1, 0.15) is 11.6 Å². The van der Waals surface area contributed by atoms with E-state index >= 15 is 0 Å². The average Bonchev–Trinajstić information content (AvgIpc) is 2.54. The van der Waals surface area contributed by atoms with Crippen LogP contribution in [0.15, 0.2) is 27.4 Å². The van der Waals surface area contributed by atoms with E-state index in [4.69, 9.17) is 10.2 Å². The number of nitrogens with two attached hydrogens (primary N) is 1. The van der Waals surface area contributed by atoms with E-state index in [-0.39, 0.29) is 0 Å². The molecule has 5 nitrogen and oxygen atoms in total. The first-order valence-corrected chi connectivity index (χ1v) is 4.44. The summed E-state index contributed by atoms with van der Waals surface area (Å²) in [5.74, 6) is -0.429. The molecule has 0 saturated heterocycles. The van der Waals surface area contributed by atoms with E-state index in [1.807, 2.05) is 0 Å². The Morgan fingerprint density at radius 2 is 2.27 bits per heavy atom. The molecular formula is C10H10N2O3. The number of carbonyl (C=O) groups excluding carboxylic acids is 1. The summed E-state index contributed by atoms with van der Waals surface area (Å²) in [6.07, 6.45) is 0.652. The standard InChI is InChI=1S/C10H10N2O3/c1-12-8-4-6(7(11)5-13)2-3-9(8)15-10(12)14/h2-5,7H,11H2,1H3. The lowest BCUT2D eigenvalue weighted by Gasteiger charge is -2.03. The zero-order valence-electron chi connectivity index (χ0n) is 8.14. The third-order valence-corrected chi connectivity index (χ3v) is 2.35. The molecule has 0 radical (unpaired) electrons. The number of benzene rings is 1. The number of hydrogen-bond acceptors (Lipinski definition) is 4. The molecule has 2 N–H and O–H groups in total. The first-order chi connectivity index (χ1) is 7.13. The van der Waals surface area contributed by atoms with Crippen LogP contribution in [0.4, 0.5) is 0 Å². The van der Waals surface area contributed by atoms with Crippen molar-refractivity contribution in [2.45, 2.75) is 6.04 Å². The molecule has 2 aromatic rings. The monoisotopic (exact) mass is 206 g/mol. The molecule has 0 fully saturated rings. The Balaban J connectivity index is 2.69. The van der Waals surface area contributed by atoms with Crippen molar-refractivity contribution < 1.29 is 9.21 Å². The normalized spacial score (nSPS) is 12.9. The molecule has 1 atom stereocenters. The molecule has 1 unspecified atom stereocenters. The van der Waals surface area contributed by atoms with Crippen LogP contribution in [0.2, 0.25) is 0 Å². The van der Waals surface area contributed by atoms with Crippen molar-refractivity contribution in [2.75, 3.05) is 0 Å². The predicted octanol–water partition coefficient (Wildman–Crippen LogP) is 0.330. The Morgan fingerprint density at radius 3 is 2.93 bits per heavy atom. The van der Waals surface area contributed by atoms with Crippen molar-refractivity contribution in [3.63, 3.8) is 0 Å². The Morgan fingerprint density at radius 1 is 1.53 bits per heavy atom. The predicted molar refractivity (Wildman–Crippen MR) is 54.4 cm³/mol. The molecule has 78 valence electrons. The summed E-state index contributed by atoms with van der Waals surface area (Å²) in [7, 11) is 1.60. The van der Waals surface area contributed by atoms with Gasteiger partial charge in [-0.2, -0.15) is 0 Å². The van der Waals surface area contributed by atoms with Gasteiger partial charge in [0, 0.05) is 7.05 Å². The highest BCUT2D eigenvalue weighted by Crippen LogP contribution is 2.17. The van der Waals surface area contributed by atoms with Crippen LogP contribution >= 0.6 is 0 Å². The molecule has 0 amide bonds. The van der Waals surface area contributed by atoms with Gasteiger partial charge in [0.15, 0.2) is 5.58 Å². The molecule has 5 heteroatoms. The lowest BCUT2D eigenvalue weighted by molar-refractivity contribution is -0.109. The van der Waals surface area contributed by atoms with Crippen molar-refractivity contribution in [2.24, 2.45) is 12.8 Å². The van der Waals surface area contributed by atoms with Gasteiger partial charge in [-0.25, -0.2) is 4.79 Å². The molecule has 0 aliphatic carbocycles. The van der Waals surface area contributed by atoms with E-state index in [0.29, 0.717) is 22.9 Å². The van der Waals surface area contributed by atoms with E-state index in [1.165, 1.54) is 4.57 Å². The largest absolute Gasteiger partial charge is 0.419 e. The van der Waals surface area contributed by atoms with Crippen molar-refractivity contribution in [1.82, 2.24) is 4.57 Å². The van der Waals surface area contributed by atoms with E-state index < -0.39 is 11.8 Å². The van der Waals surface area contributed by atoms with Gasteiger partial charge >= 0.3 is 5.76 Å². The molecule has 0 saturated carbocycles. The van der Waals surface area contributed by atoms with Gasteiger partial charge in [-0.05, 0) is 17.7 Å². The average molecular weight is 206 g/mol. The fourth-order valence-electron chi connectivity index (χ4n) is 1.43. The number of aldehydes is 1. The topological polar surface area (TPSA) is 78.2 Å². The highest BCUT2D eigenvalue weighted by Gasteiger charge is 2.09. The zero-order valence-corrected chi connectivity index (χ0v) is 8.14. The summed E-state index contributed by atoms with van der Waals surface area (Å²) in [5, 5.41) is 0. The lowest BCUT2D eigenvalue weighted by Crippen LogP contribution is -2.12. The summed E-state index contributed by atoms with van der Waals surface area (Å²) >= 11 is 0. The van der Waals surface area contributed by atoms with Crippen LogP contribution in [0.5, 0.6) is 0 Å². The van der Waals surface area contributed by atoms with Crippen LogP contribution in [0, 0.1) is 0 Å². The smallest absolute Gasteiger partial charge is 0.408 e. The summed E-state index contributed by atoms with van der Waals surface area (Å²) in [6, 6.07) is 4.32. The molecule has 1 heterocycles. The number of rotatable bonds is 2. The van der Waals surface area contributed by atoms with Crippen LogP contribution in [0.3, 0.4) is 0 Å². The van der Waals surface area contributed by atoms with Gasteiger partial charge in [0.2, 0.25) is 0 Å². The maximum atomic E-state index is 11.2. The minimum absolute atomic E-state index is 0.429. The minimum Gasteiger partial charge on any atom is -0.408 e. The van der Waals surface area contributed by atoms with Gasteiger partial charge in [0.05, 0.1) is 11.6 Å². The Labute approximate surface area is 85.1 Å². The number of oxazole rings is 1. The first-order valence-electron chi connectivity index (χ1n) is 4.44. The molecule has 0 aliphatic rings. The van der Waals surface area contributed by atoms with Crippen molar-refractivity contribution in [1.29, 1.82) is 0 Å². The second-order valence-electron chi connectivity index (χ2n) is 3.32. The Bertz CT molecular complexity index is 568. The Kier molecular flexibility index (Phi) is 2.17. The fourth-order valence-corrected chi connectivity index (χ4v) is 1.43. The van der Waals surface area contributed by atoms with E-state index in [1.54, 1.807) is 25.2 Å². The third kappa shape index (κ3) is 1.46. The van der Waals surface area contributed by atoms with Crippen LogP contribution in [-0.2, 0) is 11.8 Å². The summed E-state index contributed by atoms with van der Waals surface area (Å²) in [5.41, 5.74) is 7.34. The Hall–Kier alpha value is -1.88. The SMILES string of the molecule is Cn1c(=O)oc2ccc(C(N)C=O)cc21. The van der Waals surface area contributed by atoms with E-state index in [0.717, 1.165) is 0 Å². The highest BCUT2D eigenvalue weighted by molar-refractivity contribution is 5.75. The molecule has 0 bridgehead atoms. The van der Waals surface area contributed by atoms with Crippen LogP contribution in [0.25, 0.3) is 11.1 Å². The number of aryl methyl sites for hydroxylation is 1. The van der Waals surface area contributed by atoms with Gasteiger partial charge in [0.25, 0.3) is 0 Å². The number of nitrogens with zero attached hydrogens (tertiary/aromatic N) is 1. The lowest BCUT2D eigenvalue weighted by atomic mass is 10.1. The second-order valence-corrected chi connectivity index (χ2v) is 3.32. The van der Waals surface area contributed by atoms with Crippen molar-refractivity contribution >= 4 is 17.4 Å². The molecule has 1 aromatic heterocycles. The summed E-state index contributed by atoms with van der Waals surface area (Å²) in [4.78, 5) is 21.7. The number of fused-ring (bicyclic) bond motifs is 1. The zero-order chi connectivity index (χ0) is 11.0. The number of aromatic nitrogens is 1. The van der Waals surface area contributed by atoms with Gasteiger partial charge in [-0.15, -0.1) is 0 Å². The van der Waals surface area contributed by atoms with Gasteiger partial charge in [-0.1, -0.05) is 6.07 Å². The first kappa shape index (κ1) is 9.67. The molecular weight excluding hydrogens is 196 g/mol. The molecule has 0 aliphatic heterocycles. The minimum atomic E-state index is -0.667. The molecule has 1 aromatic carbocycles. The van der Waals surface area contributed by atoms with Crippen LogP contribution < -0.4 is 11.5 Å². The summed E-state index contributed by atoms with van der Waals surface area (Å²) < 4.78 is 6.32. The molecule has 0 spiro atoms. The maximum absolute atomic E-state index is 11.2. The third-order valence-electron chi connectivity index (χ3n) is 2.35. The van der Waals surface area contributed by atoms with E-state index in [9.17, 15) is 9.59 Å². The highest BCUT2D eigenvalue weighted by atomic mass is 16.4.